The lowest BCUT2D eigenvalue weighted by Crippen LogP contribution is -2.46. The third-order valence-electron chi connectivity index (χ3n) is 4.82. The Balaban J connectivity index is 1.79. The lowest BCUT2D eigenvalue weighted by Gasteiger charge is -2.38. The third-order valence-corrected chi connectivity index (χ3v) is 4.82. The summed E-state index contributed by atoms with van der Waals surface area (Å²) < 4.78 is 27.0. The van der Waals surface area contributed by atoms with E-state index in [0.717, 1.165) is 0 Å². The quantitative estimate of drug-likeness (QED) is 0.913. The van der Waals surface area contributed by atoms with Crippen LogP contribution in [-0.4, -0.2) is 23.8 Å². The van der Waals surface area contributed by atoms with E-state index in [-0.39, 0.29) is 36.4 Å². The second-order valence-corrected chi connectivity index (χ2v) is 6.46. The highest BCUT2D eigenvalue weighted by atomic mass is 19.1. The second kappa shape index (κ2) is 7.64. The highest BCUT2D eigenvalue weighted by molar-refractivity contribution is 5.84. The number of nitrogens with zero attached hydrogens (tertiary/aromatic N) is 1. The molecule has 1 N–H and O–H groups in total. The van der Waals surface area contributed by atoms with Crippen molar-refractivity contribution < 1.29 is 18.4 Å². The molecular formula is C20H20F2N2O2. The van der Waals surface area contributed by atoms with Crippen molar-refractivity contribution in [2.75, 3.05) is 7.05 Å². The first-order chi connectivity index (χ1) is 12.5. The van der Waals surface area contributed by atoms with Gasteiger partial charge in [0.05, 0.1) is 12.0 Å². The summed E-state index contributed by atoms with van der Waals surface area (Å²) in [4.78, 5) is 26.4. The lowest BCUT2D eigenvalue weighted by atomic mass is 9.84. The molecule has 0 aromatic heterocycles. The molecule has 2 unspecified atom stereocenters. The normalized spacial score (nSPS) is 20.1. The molecule has 0 bridgehead atoms. The van der Waals surface area contributed by atoms with E-state index in [4.69, 9.17) is 0 Å². The number of rotatable bonds is 4. The Morgan fingerprint density at radius 3 is 2.54 bits per heavy atom. The largest absolute Gasteiger partial charge is 0.352 e. The second-order valence-electron chi connectivity index (χ2n) is 6.46. The van der Waals surface area contributed by atoms with Gasteiger partial charge in [0.2, 0.25) is 11.8 Å². The summed E-state index contributed by atoms with van der Waals surface area (Å²) in [6.07, 6.45) is 0.667. The summed E-state index contributed by atoms with van der Waals surface area (Å²) in [5, 5.41) is 2.77. The number of hydrogen-bond donors (Lipinski definition) is 1. The first-order valence-electron chi connectivity index (χ1n) is 8.49. The van der Waals surface area contributed by atoms with E-state index in [2.05, 4.69) is 5.32 Å². The summed E-state index contributed by atoms with van der Waals surface area (Å²) in [5.41, 5.74) is 1.10. The van der Waals surface area contributed by atoms with Gasteiger partial charge >= 0.3 is 0 Å². The van der Waals surface area contributed by atoms with Gasteiger partial charge in [-0.25, -0.2) is 8.78 Å². The van der Waals surface area contributed by atoms with Crippen molar-refractivity contribution in [3.05, 3.63) is 71.3 Å². The van der Waals surface area contributed by atoms with Crippen LogP contribution in [0.2, 0.25) is 0 Å². The SMILES string of the molecule is CN1C(=O)CCC(C(=O)NCc2ccccc2F)C1c1ccc(F)cc1. The minimum absolute atomic E-state index is 0.0579. The Hall–Kier alpha value is -2.76. The van der Waals surface area contributed by atoms with Gasteiger partial charge in [-0.2, -0.15) is 0 Å². The number of carbonyl (C=O) groups excluding carboxylic acids is 2. The fraction of sp³-hybridized carbons (Fsp3) is 0.300. The van der Waals surface area contributed by atoms with Gasteiger partial charge in [0, 0.05) is 25.6 Å². The zero-order valence-electron chi connectivity index (χ0n) is 14.4. The maximum atomic E-state index is 13.7. The average Bonchev–Trinajstić information content (AvgIpc) is 2.64. The van der Waals surface area contributed by atoms with Crippen LogP contribution in [0.5, 0.6) is 0 Å². The molecule has 2 atom stereocenters. The Labute approximate surface area is 150 Å². The van der Waals surface area contributed by atoms with Crippen molar-refractivity contribution in [2.24, 2.45) is 5.92 Å². The molecule has 0 aliphatic carbocycles. The number of halogens is 2. The predicted molar refractivity (Wildman–Crippen MR) is 92.9 cm³/mol. The molecule has 1 saturated heterocycles. The fourth-order valence-corrected chi connectivity index (χ4v) is 3.38. The molecule has 136 valence electrons. The molecule has 1 aliphatic rings. The van der Waals surface area contributed by atoms with Crippen LogP contribution >= 0.6 is 0 Å². The molecule has 1 heterocycles. The molecule has 2 aromatic carbocycles. The summed E-state index contributed by atoms with van der Waals surface area (Å²) in [7, 11) is 1.65. The van der Waals surface area contributed by atoms with Crippen LogP contribution in [0.15, 0.2) is 48.5 Å². The molecule has 0 spiro atoms. The number of likely N-dealkylation sites (tertiary alicyclic amines) is 1. The zero-order valence-corrected chi connectivity index (χ0v) is 14.4. The lowest BCUT2D eigenvalue weighted by molar-refractivity contribution is -0.141. The van der Waals surface area contributed by atoms with E-state index in [0.29, 0.717) is 17.5 Å². The van der Waals surface area contributed by atoms with Gasteiger partial charge in [-0.05, 0) is 30.2 Å². The zero-order chi connectivity index (χ0) is 18.7. The van der Waals surface area contributed by atoms with Gasteiger partial charge in [-0.3, -0.25) is 9.59 Å². The van der Waals surface area contributed by atoms with Crippen LogP contribution in [0.25, 0.3) is 0 Å². The van der Waals surface area contributed by atoms with Crippen molar-refractivity contribution in [1.29, 1.82) is 0 Å². The molecule has 6 heteroatoms. The van der Waals surface area contributed by atoms with Gasteiger partial charge in [0.25, 0.3) is 0 Å². The van der Waals surface area contributed by atoms with Gasteiger partial charge in [-0.15, -0.1) is 0 Å². The van der Waals surface area contributed by atoms with Crippen LogP contribution in [0.4, 0.5) is 8.78 Å². The monoisotopic (exact) mass is 358 g/mol. The number of benzene rings is 2. The topological polar surface area (TPSA) is 49.4 Å². The Bertz CT molecular complexity index is 808. The highest BCUT2D eigenvalue weighted by Gasteiger charge is 2.38. The van der Waals surface area contributed by atoms with Crippen LogP contribution in [0, 0.1) is 17.6 Å². The number of amides is 2. The highest BCUT2D eigenvalue weighted by Crippen LogP contribution is 2.36. The minimum atomic E-state index is -0.477. The van der Waals surface area contributed by atoms with Gasteiger partial charge in [-0.1, -0.05) is 30.3 Å². The summed E-state index contributed by atoms with van der Waals surface area (Å²) >= 11 is 0. The molecule has 2 aromatic rings. The van der Waals surface area contributed by atoms with E-state index in [1.54, 1.807) is 37.4 Å². The van der Waals surface area contributed by atoms with E-state index >= 15 is 0 Å². The summed E-state index contributed by atoms with van der Waals surface area (Å²) in [5.74, 6) is -1.53. The standard InChI is InChI=1S/C20H20F2N2O2/c1-24-18(25)11-10-16(19(24)13-6-8-15(21)9-7-13)20(26)23-12-14-4-2-3-5-17(14)22/h2-9,16,19H,10-12H2,1H3,(H,23,26). The van der Waals surface area contributed by atoms with E-state index < -0.39 is 12.0 Å². The number of carbonyl (C=O) groups is 2. The maximum absolute atomic E-state index is 13.7. The van der Waals surface area contributed by atoms with Gasteiger partial charge < -0.3 is 10.2 Å². The Kier molecular flexibility index (Phi) is 5.30. The molecule has 26 heavy (non-hydrogen) atoms. The molecule has 2 amide bonds. The molecular weight excluding hydrogens is 338 g/mol. The molecule has 0 saturated carbocycles. The van der Waals surface area contributed by atoms with E-state index in [1.807, 2.05) is 0 Å². The molecule has 3 rings (SSSR count). The van der Waals surface area contributed by atoms with Crippen LogP contribution in [-0.2, 0) is 16.1 Å². The summed E-state index contributed by atoms with van der Waals surface area (Å²) in [6, 6.07) is 11.6. The molecule has 4 nitrogen and oxygen atoms in total. The molecule has 0 radical (unpaired) electrons. The molecule has 1 aliphatic heterocycles. The smallest absolute Gasteiger partial charge is 0.225 e. The third kappa shape index (κ3) is 3.74. The van der Waals surface area contributed by atoms with Gasteiger partial charge in [0.1, 0.15) is 11.6 Å². The number of hydrogen-bond acceptors (Lipinski definition) is 2. The first kappa shape index (κ1) is 18.0. The first-order valence-corrected chi connectivity index (χ1v) is 8.49. The Morgan fingerprint density at radius 1 is 1.15 bits per heavy atom. The van der Waals surface area contributed by atoms with Crippen LogP contribution < -0.4 is 5.32 Å². The van der Waals surface area contributed by atoms with E-state index in [1.165, 1.54) is 23.1 Å². The van der Waals surface area contributed by atoms with Crippen molar-refractivity contribution >= 4 is 11.8 Å². The van der Waals surface area contributed by atoms with Crippen molar-refractivity contribution in [3.8, 4) is 0 Å². The van der Waals surface area contributed by atoms with Gasteiger partial charge in [0.15, 0.2) is 0 Å². The molecule has 1 fully saturated rings. The number of nitrogens with one attached hydrogen (secondary N) is 1. The predicted octanol–water partition coefficient (Wildman–Crippen LogP) is 3.19. The van der Waals surface area contributed by atoms with Crippen molar-refractivity contribution in [1.82, 2.24) is 10.2 Å². The number of piperidine rings is 1. The van der Waals surface area contributed by atoms with Crippen molar-refractivity contribution in [2.45, 2.75) is 25.4 Å². The average molecular weight is 358 g/mol. The fourth-order valence-electron chi connectivity index (χ4n) is 3.38. The maximum Gasteiger partial charge on any atom is 0.225 e. The minimum Gasteiger partial charge on any atom is -0.352 e. The van der Waals surface area contributed by atoms with Crippen molar-refractivity contribution in [3.63, 3.8) is 0 Å². The van der Waals surface area contributed by atoms with Crippen LogP contribution in [0.3, 0.4) is 0 Å². The van der Waals surface area contributed by atoms with Crippen LogP contribution in [0.1, 0.15) is 30.0 Å². The Morgan fingerprint density at radius 2 is 1.85 bits per heavy atom. The summed E-state index contributed by atoms with van der Waals surface area (Å²) in [6.45, 7) is 0.0792. The van der Waals surface area contributed by atoms with E-state index in [9.17, 15) is 18.4 Å².